The average Bonchev–Trinajstić information content (AvgIpc) is 2.43. The van der Waals surface area contributed by atoms with Crippen molar-refractivity contribution in [1.82, 2.24) is 0 Å². The van der Waals surface area contributed by atoms with Gasteiger partial charge >= 0.3 is 0 Å². The Morgan fingerprint density at radius 1 is 1.20 bits per heavy atom. The zero-order valence-corrected chi connectivity index (χ0v) is 12.8. The van der Waals surface area contributed by atoms with Crippen LogP contribution in [0.25, 0.3) is 0 Å². The standard InChI is InChI=1S/C16H15Cl2FO/c1-3-20-15-7-4-10(2)8-12(15)16(18)11-5-6-14(19)13(17)9-11/h4-9,16H,3H2,1-2H3. The number of ether oxygens (including phenoxy) is 1. The first-order valence-corrected chi connectivity index (χ1v) is 7.16. The molecule has 0 heterocycles. The zero-order valence-electron chi connectivity index (χ0n) is 11.3. The van der Waals surface area contributed by atoms with Crippen molar-refractivity contribution >= 4 is 23.2 Å². The van der Waals surface area contributed by atoms with Gasteiger partial charge in [-0.1, -0.05) is 35.4 Å². The topological polar surface area (TPSA) is 9.23 Å². The summed E-state index contributed by atoms with van der Waals surface area (Å²) in [6, 6.07) is 10.3. The molecule has 2 rings (SSSR count). The maximum atomic E-state index is 13.2. The molecule has 0 radical (unpaired) electrons. The molecule has 0 amide bonds. The number of aryl methyl sites for hydroxylation is 1. The van der Waals surface area contributed by atoms with Crippen LogP contribution in [0, 0.1) is 12.7 Å². The molecule has 1 atom stereocenters. The number of rotatable bonds is 4. The van der Waals surface area contributed by atoms with Crippen molar-refractivity contribution < 1.29 is 9.13 Å². The maximum Gasteiger partial charge on any atom is 0.141 e. The van der Waals surface area contributed by atoms with Gasteiger partial charge < -0.3 is 4.74 Å². The molecule has 0 saturated heterocycles. The van der Waals surface area contributed by atoms with Crippen LogP contribution in [0.1, 0.15) is 29.0 Å². The number of hydrogen-bond donors (Lipinski definition) is 0. The fraction of sp³-hybridized carbons (Fsp3) is 0.250. The smallest absolute Gasteiger partial charge is 0.141 e. The van der Waals surface area contributed by atoms with Gasteiger partial charge in [0.05, 0.1) is 17.0 Å². The summed E-state index contributed by atoms with van der Waals surface area (Å²) >= 11 is 12.3. The van der Waals surface area contributed by atoms with Crippen LogP contribution in [0.5, 0.6) is 5.75 Å². The lowest BCUT2D eigenvalue weighted by Gasteiger charge is -2.16. The van der Waals surface area contributed by atoms with Crippen LogP contribution in [0.3, 0.4) is 0 Å². The molecule has 0 fully saturated rings. The second kappa shape index (κ2) is 6.47. The van der Waals surface area contributed by atoms with Gasteiger partial charge in [-0.3, -0.25) is 0 Å². The van der Waals surface area contributed by atoms with Crippen LogP contribution in [0.2, 0.25) is 5.02 Å². The Bertz CT molecular complexity index is 613. The van der Waals surface area contributed by atoms with Crippen LogP contribution in [-0.2, 0) is 0 Å². The summed E-state index contributed by atoms with van der Waals surface area (Å²) in [6.07, 6.45) is 0. The van der Waals surface area contributed by atoms with E-state index in [2.05, 4.69) is 0 Å². The van der Waals surface area contributed by atoms with Gasteiger partial charge in [0.1, 0.15) is 11.6 Å². The van der Waals surface area contributed by atoms with Gasteiger partial charge in [-0.05, 0) is 37.6 Å². The van der Waals surface area contributed by atoms with Crippen molar-refractivity contribution in [2.45, 2.75) is 19.2 Å². The third-order valence-electron chi connectivity index (χ3n) is 2.97. The lowest BCUT2D eigenvalue weighted by atomic mass is 10.0. The maximum absolute atomic E-state index is 13.2. The summed E-state index contributed by atoms with van der Waals surface area (Å²) in [5.74, 6) is 0.284. The van der Waals surface area contributed by atoms with Gasteiger partial charge in [-0.25, -0.2) is 4.39 Å². The van der Waals surface area contributed by atoms with Crippen molar-refractivity contribution in [3.63, 3.8) is 0 Å². The first-order chi connectivity index (χ1) is 9.52. The van der Waals surface area contributed by atoms with Gasteiger partial charge in [0.2, 0.25) is 0 Å². The Labute approximate surface area is 128 Å². The van der Waals surface area contributed by atoms with E-state index in [1.54, 1.807) is 12.1 Å². The summed E-state index contributed by atoms with van der Waals surface area (Å²) < 4.78 is 18.8. The Balaban J connectivity index is 2.43. The van der Waals surface area contributed by atoms with Crippen molar-refractivity contribution in [1.29, 1.82) is 0 Å². The van der Waals surface area contributed by atoms with Crippen molar-refractivity contribution in [3.05, 3.63) is 63.9 Å². The Morgan fingerprint density at radius 3 is 2.60 bits per heavy atom. The van der Waals surface area contributed by atoms with Crippen molar-refractivity contribution in [2.75, 3.05) is 6.61 Å². The molecule has 0 bridgehead atoms. The van der Waals surface area contributed by atoms with E-state index in [1.807, 2.05) is 32.0 Å². The lowest BCUT2D eigenvalue weighted by Crippen LogP contribution is -2.01. The molecule has 106 valence electrons. The van der Waals surface area contributed by atoms with E-state index in [0.29, 0.717) is 6.61 Å². The Hall–Kier alpha value is -1.25. The van der Waals surface area contributed by atoms with Crippen LogP contribution in [0.4, 0.5) is 4.39 Å². The molecular weight excluding hydrogens is 298 g/mol. The second-order valence-electron chi connectivity index (χ2n) is 4.51. The highest BCUT2D eigenvalue weighted by Gasteiger charge is 2.17. The number of halogens is 3. The zero-order chi connectivity index (χ0) is 14.7. The fourth-order valence-corrected chi connectivity index (χ4v) is 2.50. The minimum Gasteiger partial charge on any atom is -0.494 e. The van der Waals surface area contributed by atoms with E-state index >= 15 is 0 Å². The van der Waals surface area contributed by atoms with Crippen molar-refractivity contribution in [2.24, 2.45) is 0 Å². The summed E-state index contributed by atoms with van der Waals surface area (Å²) in [4.78, 5) is 0. The molecule has 0 aliphatic heterocycles. The molecular formula is C16H15Cl2FO. The van der Waals surface area contributed by atoms with Gasteiger partial charge in [-0.2, -0.15) is 0 Å². The predicted octanol–water partition coefficient (Wildman–Crippen LogP) is 5.51. The van der Waals surface area contributed by atoms with Gasteiger partial charge in [0, 0.05) is 5.56 Å². The summed E-state index contributed by atoms with van der Waals surface area (Å²) in [6.45, 7) is 4.46. The van der Waals surface area contributed by atoms with Gasteiger partial charge in [0.25, 0.3) is 0 Å². The van der Waals surface area contributed by atoms with Crippen LogP contribution < -0.4 is 4.74 Å². The molecule has 2 aromatic carbocycles. The largest absolute Gasteiger partial charge is 0.494 e. The third-order valence-corrected chi connectivity index (χ3v) is 3.75. The number of alkyl halides is 1. The average molecular weight is 313 g/mol. The predicted molar refractivity (Wildman–Crippen MR) is 81.5 cm³/mol. The van der Waals surface area contributed by atoms with E-state index in [0.717, 1.165) is 22.4 Å². The van der Waals surface area contributed by atoms with Gasteiger partial charge in [0.15, 0.2) is 0 Å². The molecule has 0 N–H and O–H groups in total. The highest BCUT2D eigenvalue weighted by molar-refractivity contribution is 6.31. The molecule has 1 nitrogen and oxygen atoms in total. The lowest BCUT2D eigenvalue weighted by molar-refractivity contribution is 0.337. The minimum absolute atomic E-state index is 0.0683. The summed E-state index contributed by atoms with van der Waals surface area (Å²) in [5.41, 5.74) is 2.68. The molecule has 0 aliphatic rings. The van der Waals surface area contributed by atoms with E-state index in [-0.39, 0.29) is 5.02 Å². The molecule has 20 heavy (non-hydrogen) atoms. The first-order valence-electron chi connectivity index (χ1n) is 6.35. The minimum atomic E-state index is -0.450. The first kappa shape index (κ1) is 15.1. The van der Waals surface area contributed by atoms with Crippen molar-refractivity contribution in [3.8, 4) is 5.75 Å². The highest BCUT2D eigenvalue weighted by Crippen LogP contribution is 2.36. The molecule has 2 aromatic rings. The fourth-order valence-electron chi connectivity index (χ4n) is 2.00. The SMILES string of the molecule is CCOc1ccc(C)cc1C(Cl)c1ccc(F)c(Cl)c1. The molecule has 1 unspecified atom stereocenters. The molecule has 4 heteroatoms. The second-order valence-corrected chi connectivity index (χ2v) is 5.35. The number of benzene rings is 2. The molecule has 0 spiro atoms. The molecule has 0 aromatic heterocycles. The quantitative estimate of drug-likeness (QED) is 0.676. The highest BCUT2D eigenvalue weighted by atomic mass is 35.5. The molecule has 0 saturated carbocycles. The van der Waals surface area contributed by atoms with E-state index in [4.69, 9.17) is 27.9 Å². The Kier molecular flexibility index (Phi) is 4.90. The normalized spacial score (nSPS) is 12.2. The molecule has 0 aliphatic carbocycles. The number of hydrogen-bond acceptors (Lipinski definition) is 1. The summed E-state index contributed by atoms with van der Waals surface area (Å²) in [7, 11) is 0. The monoisotopic (exact) mass is 312 g/mol. The summed E-state index contributed by atoms with van der Waals surface area (Å²) in [5, 5.41) is -0.367. The van der Waals surface area contributed by atoms with E-state index in [1.165, 1.54) is 6.07 Å². The van der Waals surface area contributed by atoms with Crippen LogP contribution >= 0.6 is 23.2 Å². The van der Waals surface area contributed by atoms with E-state index in [9.17, 15) is 4.39 Å². The van der Waals surface area contributed by atoms with Crippen LogP contribution in [0.15, 0.2) is 36.4 Å². The van der Waals surface area contributed by atoms with Crippen LogP contribution in [-0.4, -0.2) is 6.61 Å². The Morgan fingerprint density at radius 2 is 1.95 bits per heavy atom. The van der Waals surface area contributed by atoms with E-state index < -0.39 is 11.2 Å². The van der Waals surface area contributed by atoms with Gasteiger partial charge in [-0.15, -0.1) is 11.6 Å². The third kappa shape index (κ3) is 3.25.